The van der Waals surface area contributed by atoms with Crippen LogP contribution in [0.1, 0.15) is 47.6 Å². The monoisotopic (exact) mass is 517 g/mol. The van der Waals surface area contributed by atoms with Crippen molar-refractivity contribution in [2.75, 3.05) is 44.4 Å². The Bertz CT molecular complexity index is 1230. The van der Waals surface area contributed by atoms with E-state index in [1.807, 2.05) is 18.3 Å². The number of hydrogen-bond donors (Lipinski definition) is 1. The van der Waals surface area contributed by atoms with E-state index in [2.05, 4.69) is 69.9 Å². The third kappa shape index (κ3) is 4.74. The van der Waals surface area contributed by atoms with Gasteiger partial charge in [-0.25, -0.2) is 0 Å². The van der Waals surface area contributed by atoms with Crippen molar-refractivity contribution < 1.29 is 9.47 Å². The lowest BCUT2D eigenvalue weighted by atomic mass is 9.96. The summed E-state index contributed by atoms with van der Waals surface area (Å²) in [6.07, 6.45) is 4.26. The Balaban J connectivity index is 1.35. The van der Waals surface area contributed by atoms with E-state index in [-0.39, 0.29) is 18.2 Å². The molecular weight excluding hydrogens is 482 g/mol. The van der Waals surface area contributed by atoms with E-state index in [0.717, 1.165) is 63.1 Å². The molecule has 0 aliphatic carbocycles. The molecule has 2 aromatic heterocycles. The average Bonchev–Trinajstić information content (AvgIpc) is 3.64. The lowest BCUT2D eigenvalue weighted by Gasteiger charge is -2.30. The largest absolute Gasteiger partial charge is 0.378 e. The minimum absolute atomic E-state index is 0.0206. The number of pyridine rings is 1. The zero-order chi connectivity index (χ0) is 25.4. The van der Waals surface area contributed by atoms with Gasteiger partial charge in [0.25, 0.3) is 0 Å². The molecule has 0 radical (unpaired) electrons. The first kappa shape index (κ1) is 24.4. The normalized spacial score (nSPS) is 24.1. The summed E-state index contributed by atoms with van der Waals surface area (Å²) in [4.78, 5) is 9.43. The number of aryl methyl sites for hydroxylation is 1. The number of hydrogen-bond acceptors (Lipinski definition) is 5. The van der Waals surface area contributed by atoms with Gasteiger partial charge in [-0.3, -0.25) is 4.98 Å². The van der Waals surface area contributed by atoms with Crippen LogP contribution in [-0.2, 0) is 9.47 Å². The highest BCUT2D eigenvalue weighted by atomic mass is 32.1. The maximum Gasteiger partial charge on any atom is 0.170 e. The fourth-order valence-corrected chi connectivity index (χ4v) is 6.38. The van der Waals surface area contributed by atoms with Crippen molar-refractivity contribution >= 4 is 23.0 Å². The molecule has 7 nitrogen and oxygen atoms in total. The highest BCUT2D eigenvalue weighted by molar-refractivity contribution is 7.80. The van der Waals surface area contributed by atoms with Gasteiger partial charge in [-0.2, -0.15) is 0 Å². The van der Waals surface area contributed by atoms with Gasteiger partial charge in [0.05, 0.1) is 37.1 Å². The Hall–Kier alpha value is -2.94. The number of aromatic nitrogens is 2. The van der Waals surface area contributed by atoms with E-state index in [0.29, 0.717) is 0 Å². The number of morpholine rings is 1. The SMILES string of the molecule is Cc1cc([C@@H]2[C@@H](c3ccccn3)NC(=S)N2C[C@H]2CCCO2)c(C)n1-c1ccc(N2CCOCC2)cc1. The zero-order valence-corrected chi connectivity index (χ0v) is 22.4. The molecule has 6 rings (SSSR count). The van der Waals surface area contributed by atoms with Crippen LogP contribution >= 0.6 is 12.2 Å². The average molecular weight is 518 g/mol. The molecule has 8 heteroatoms. The van der Waals surface area contributed by atoms with Gasteiger partial charge in [-0.05, 0) is 86.9 Å². The fraction of sp³-hybridized carbons (Fsp3) is 0.448. The second-order valence-corrected chi connectivity index (χ2v) is 10.6. The number of nitrogens with zero attached hydrogens (tertiary/aromatic N) is 4. The quantitative estimate of drug-likeness (QED) is 0.484. The molecule has 0 saturated carbocycles. The van der Waals surface area contributed by atoms with Gasteiger partial charge >= 0.3 is 0 Å². The number of ether oxygens (including phenoxy) is 2. The lowest BCUT2D eigenvalue weighted by Crippen LogP contribution is -2.36. The molecule has 194 valence electrons. The third-order valence-electron chi connectivity index (χ3n) is 7.90. The van der Waals surface area contributed by atoms with Crippen LogP contribution in [0.15, 0.2) is 54.7 Å². The van der Waals surface area contributed by atoms with Crippen LogP contribution in [0.4, 0.5) is 5.69 Å². The summed E-state index contributed by atoms with van der Waals surface area (Å²) < 4.78 is 13.9. The molecule has 3 fully saturated rings. The van der Waals surface area contributed by atoms with Crippen molar-refractivity contribution in [3.8, 4) is 5.69 Å². The molecule has 37 heavy (non-hydrogen) atoms. The summed E-state index contributed by atoms with van der Waals surface area (Å²) >= 11 is 5.89. The van der Waals surface area contributed by atoms with Gasteiger partial charge in [0.2, 0.25) is 0 Å². The van der Waals surface area contributed by atoms with Gasteiger partial charge in [-0.1, -0.05) is 6.07 Å². The van der Waals surface area contributed by atoms with E-state index < -0.39 is 0 Å². The van der Waals surface area contributed by atoms with Crippen LogP contribution in [0.5, 0.6) is 0 Å². The fourth-order valence-electron chi connectivity index (χ4n) is 6.07. The van der Waals surface area contributed by atoms with E-state index in [4.69, 9.17) is 26.7 Å². The number of anilines is 1. The van der Waals surface area contributed by atoms with Gasteiger partial charge in [-0.15, -0.1) is 0 Å². The molecule has 3 saturated heterocycles. The first-order valence-electron chi connectivity index (χ1n) is 13.3. The summed E-state index contributed by atoms with van der Waals surface area (Å²) in [6.45, 7) is 9.49. The number of benzene rings is 1. The van der Waals surface area contributed by atoms with Crippen LogP contribution in [0, 0.1) is 13.8 Å². The predicted molar refractivity (Wildman–Crippen MR) is 149 cm³/mol. The van der Waals surface area contributed by atoms with E-state index >= 15 is 0 Å². The molecule has 5 heterocycles. The molecule has 1 N–H and O–H groups in total. The standard InChI is InChI=1S/C29H35N5O2S/c1-20-18-25(21(2)34(20)23-10-8-22(9-11-23)32-13-16-35-17-14-32)28-27(26-7-3-4-12-30-26)31-29(37)33(28)19-24-6-5-15-36-24/h3-4,7-12,18,24,27-28H,5-6,13-17,19H2,1-2H3,(H,31,37)/t24-,27-,28-/m1/s1. The van der Waals surface area contributed by atoms with Crippen molar-refractivity contribution in [2.24, 2.45) is 0 Å². The molecule has 3 aromatic rings. The smallest absolute Gasteiger partial charge is 0.170 e. The minimum atomic E-state index is -0.0206. The second kappa shape index (κ2) is 10.4. The Morgan fingerprint density at radius 3 is 2.51 bits per heavy atom. The topological polar surface area (TPSA) is 54.8 Å². The van der Waals surface area contributed by atoms with E-state index in [1.165, 1.54) is 28.3 Å². The number of nitrogens with one attached hydrogen (secondary N) is 1. The van der Waals surface area contributed by atoms with Crippen molar-refractivity contribution in [1.29, 1.82) is 0 Å². The summed E-state index contributed by atoms with van der Waals surface area (Å²) in [5.41, 5.74) is 7.14. The van der Waals surface area contributed by atoms with Crippen LogP contribution in [-0.4, -0.2) is 65.1 Å². The molecule has 1 aromatic carbocycles. The lowest BCUT2D eigenvalue weighted by molar-refractivity contribution is 0.0842. The van der Waals surface area contributed by atoms with E-state index in [1.54, 1.807) is 0 Å². The molecule has 0 spiro atoms. The summed E-state index contributed by atoms with van der Waals surface area (Å²) in [5.74, 6) is 0. The van der Waals surface area contributed by atoms with Crippen LogP contribution < -0.4 is 10.2 Å². The Kier molecular flexibility index (Phi) is 6.88. The predicted octanol–water partition coefficient (Wildman–Crippen LogP) is 4.48. The van der Waals surface area contributed by atoms with Crippen LogP contribution in [0.2, 0.25) is 0 Å². The molecule has 0 unspecified atom stereocenters. The zero-order valence-electron chi connectivity index (χ0n) is 21.6. The molecule has 0 bridgehead atoms. The molecule has 3 aliphatic heterocycles. The Morgan fingerprint density at radius 2 is 1.81 bits per heavy atom. The van der Waals surface area contributed by atoms with Crippen LogP contribution in [0.25, 0.3) is 5.69 Å². The van der Waals surface area contributed by atoms with Gasteiger partial charge < -0.3 is 29.2 Å². The molecule has 3 aliphatic rings. The first-order valence-corrected chi connectivity index (χ1v) is 13.7. The van der Waals surface area contributed by atoms with Gasteiger partial charge in [0, 0.05) is 55.2 Å². The summed E-state index contributed by atoms with van der Waals surface area (Å²) in [5, 5.41) is 4.37. The molecular formula is C29H35N5O2S. The molecule has 3 atom stereocenters. The van der Waals surface area contributed by atoms with Crippen LogP contribution in [0.3, 0.4) is 0 Å². The third-order valence-corrected chi connectivity index (χ3v) is 8.25. The van der Waals surface area contributed by atoms with Gasteiger partial charge in [0.1, 0.15) is 0 Å². The maximum absolute atomic E-state index is 6.02. The highest BCUT2D eigenvalue weighted by Crippen LogP contribution is 2.42. The summed E-state index contributed by atoms with van der Waals surface area (Å²) in [6, 6.07) is 17.4. The maximum atomic E-state index is 6.02. The summed E-state index contributed by atoms with van der Waals surface area (Å²) in [7, 11) is 0. The number of rotatable bonds is 6. The van der Waals surface area contributed by atoms with Gasteiger partial charge in [0.15, 0.2) is 5.11 Å². The first-order chi connectivity index (χ1) is 18.1. The number of thiocarbonyl (C=S) groups is 1. The molecule has 0 amide bonds. The minimum Gasteiger partial charge on any atom is -0.378 e. The Morgan fingerprint density at radius 1 is 1.03 bits per heavy atom. The second-order valence-electron chi connectivity index (χ2n) is 10.2. The van der Waals surface area contributed by atoms with Crippen molar-refractivity contribution in [2.45, 2.75) is 44.9 Å². The Labute approximate surface area is 224 Å². The van der Waals surface area contributed by atoms with Crippen molar-refractivity contribution in [3.63, 3.8) is 0 Å². The highest BCUT2D eigenvalue weighted by Gasteiger charge is 2.42. The van der Waals surface area contributed by atoms with Crippen molar-refractivity contribution in [3.05, 3.63) is 77.4 Å². The van der Waals surface area contributed by atoms with E-state index in [9.17, 15) is 0 Å². The van der Waals surface area contributed by atoms with Crippen molar-refractivity contribution in [1.82, 2.24) is 19.8 Å².